The summed E-state index contributed by atoms with van der Waals surface area (Å²) < 4.78 is 6.05. The van der Waals surface area contributed by atoms with Crippen LogP contribution in [0.3, 0.4) is 0 Å². The molecule has 96 valence electrons. The first-order valence-electron chi connectivity index (χ1n) is 5.63. The molecule has 1 aromatic heterocycles. The van der Waals surface area contributed by atoms with Gasteiger partial charge in [-0.3, -0.25) is 4.79 Å². The van der Waals surface area contributed by atoms with Crippen LogP contribution in [0.2, 0.25) is 0 Å². The molecule has 0 aliphatic rings. The van der Waals surface area contributed by atoms with E-state index < -0.39 is 5.41 Å². The summed E-state index contributed by atoms with van der Waals surface area (Å²) in [6, 6.07) is 3.66. The Morgan fingerprint density at radius 3 is 2.65 bits per heavy atom. The fourth-order valence-corrected chi connectivity index (χ4v) is 1.93. The van der Waals surface area contributed by atoms with E-state index in [1.807, 2.05) is 26.0 Å². The van der Waals surface area contributed by atoms with Gasteiger partial charge in [0, 0.05) is 13.6 Å². The molecule has 5 heteroatoms. The van der Waals surface area contributed by atoms with Gasteiger partial charge in [-0.25, -0.2) is 0 Å². The third-order valence-corrected chi connectivity index (χ3v) is 3.54. The van der Waals surface area contributed by atoms with Crippen molar-refractivity contribution < 1.29 is 9.21 Å². The van der Waals surface area contributed by atoms with Gasteiger partial charge in [0.15, 0.2) is 4.67 Å². The zero-order valence-electron chi connectivity index (χ0n) is 10.5. The molecule has 17 heavy (non-hydrogen) atoms. The Labute approximate surface area is 110 Å². The molecular formula is C12H19BrN2O2. The van der Waals surface area contributed by atoms with Gasteiger partial charge in [0.05, 0.1) is 12.0 Å². The highest BCUT2D eigenvalue weighted by atomic mass is 79.9. The minimum absolute atomic E-state index is 0.0509. The zero-order chi connectivity index (χ0) is 13.1. The van der Waals surface area contributed by atoms with Gasteiger partial charge in [-0.15, -0.1) is 0 Å². The number of furan rings is 1. The van der Waals surface area contributed by atoms with Crippen molar-refractivity contribution in [2.75, 3.05) is 13.6 Å². The lowest BCUT2D eigenvalue weighted by Crippen LogP contribution is -2.44. The summed E-state index contributed by atoms with van der Waals surface area (Å²) in [5.41, 5.74) is 5.19. The molecule has 0 saturated carbocycles. The van der Waals surface area contributed by atoms with Crippen LogP contribution < -0.4 is 5.73 Å². The summed E-state index contributed by atoms with van der Waals surface area (Å²) in [5.74, 6) is 0.804. The van der Waals surface area contributed by atoms with Crippen molar-refractivity contribution in [2.45, 2.75) is 26.8 Å². The van der Waals surface area contributed by atoms with Gasteiger partial charge in [0.25, 0.3) is 0 Å². The predicted molar refractivity (Wildman–Crippen MR) is 70.3 cm³/mol. The summed E-state index contributed by atoms with van der Waals surface area (Å²) in [6.45, 7) is 4.68. The van der Waals surface area contributed by atoms with Crippen molar-refractivity contribution in [3.05, 3.63) is 22.6 Å². The summed E-state index contributed by atoms with van der Waals surface area (Å²) >= 11 is 3.24. The molecule has 0 fully saturated rings. The second-order valence-electron chi connectivity index (χ2n) is 4.49. The minimum Gasteiger partial charge on any atom is -0.452 e. The Morgan fingerprint density at radius 1 is 1.59 bits per heavy atom. The van der Waals surface area contributed by atoms with Gasteiger partial charge >= 0.3 is 0 Å². The molecular weight excluding hydrogens is 284 g/mol. The van der Waals surface area contributed by atoms with E-state index >= 15 is 0 Å². The Bertz CT molecular complexity index is 386. The first kappa shape index (κ1) is 14.3. The number of hydrogen-bond donors (Lipinski definition) is 1. The summed E-state index contributed by atoms with van der Waals surface area (Å²) in [5, 5.41) is 0. The molecule has 1 rings (SSSR count). The Balaban J connectivity index is 2.70. The van der Waals surface area contributed by atoms with Gasteiger partial charge < -0.3 is 15.1 Å². The third kappa shape index (κ3) is 3.33. The fraction of sp³-hybridized carbons (Fsp3) is 0.583. The molecule has 0 aliphatic carbocycles. The van der Waals surface area contributed by atoms with Gasteiger partial charge in [-0.1, -0.05) is 6.92 Å². The first-order chi connectivity index (χ1) is 7.92. The van der Waals surface area contributed by atoms with Gasteiger partial charge in [-0.2, -0.15) is 0 Å². The SMILES string of the molecule is CCC(C)(CN)C(=O)N(C)Cc1ccc(Br)o1. The summed E-state index contributed by atoms with van der Waals surface area (Å²) in [6.07, 6.45) is 0.731. The monoisotopic (exact) mass is 302 g/mol. The maximum Gasteiger partial charge on any atom is 0.229 e. The van der Waals surface area contributed by atoms with Crippen LogP contribution in [0.5, 0.6) is 0 Å². The highest BCUT2D eigenvalue weighted by molar-refractivity contribution is 9.10. The number of halogens is 1. The largest absolute Gasteiger partial charge is 0.452 e. The van der Waals surface area contributed by atoms with E-state index in [1.54, 1.807) is 11.9 Å². The lowest BCUT2D eigenvalue weighted by Gasteiger charge is -2.30. The van der Waals surface area contributed by atoms with E-state index in [0.29, 0.717) is 17.8 Å². The van der Waals surface area contributed by atoms with Crippen LogP contribution in [0, 0.1) is 5.41 Å². The smallest absolute Gasteiger partial charge is 0.229 e. The highest BCUT2D eigenvalue weighted by Crippen LogP contribution is 2.23. The predicted octanol–water partition coefficient (Wildman–Crippen LogP) is 2.38. The molecule has 0 aliphatic heterocycles. The van der Waals surface area contributed by atoms with Gasteiger partial charge in [-0.05, 0) is 41.4 Å². The highest BCUT2D eigenvalue weighted by Gasteiger charge is 2.32. The molecule has 1 amide bonds. The van der Waals surface area contributed by atoms with Gasteiger partial charge in [0.2, 0.25) is 5.91 Å². The number of carbonyl (C=O) groups is 1. The molecule has 4 nitrogen and oxygen atoms in total. The molecule has 0 bridgehead atoms. The van der Waals surface area contributed by atoms with Crippen molar-refractivity contribution in [3.63, 3.8) is 0 Å². The molecule has 0 saturated heterocycles. The van der Waals surface area contributed by atoms with Gasteiger partial charge in [0.1, 0.15) is 5.76 Å². The van der Waals surface area contributed by atoms with E-state index in [4.69, 9.17) is 10.2 Å². The van der Waals surface area contributed by atoms with Crippen molar-refractivity contribution in [3.8, 4) is 0 Å². The first-order valence-corrected chi connectivity index (χ1v) is 6.42. The van der Waals surface area contributed by atoms with E-state index in [0.717, 1.165) is 12.2 Å². The maximum absolute atomic E-state index is 12.2. The van der Waals surface area contributed by atoms with Crippen LogP contribution in [0.4, 0.5) is 0 Å². The molecule has 1 heterocycles. The van der Waals surface area contributed by atoms with Crippen LogP contribution >= 0.6 is 15.9 Å². The maximum atomic E-state index is 12.2. The number of amides is 1. The quantitative estimate of drug-likeness (QED) is 0.908. The van der Waals surface area contributed by atoms with E-state index in [2.05, 4.69) is 15.9 Å². The average Bonchev–Trinajstić information content (AvgIpc) is 2.72. The second kappa shape index (κ2) is 5.69. The average molecular weight is 303 g/mol. The molecule has 0 spiro atoms. The number of hydrogen-bond acceptors (Lipinski definition) is 3. The molecule has 1 unspecified atom stereocenters. The van der Waals surface area contributed by atoms with Crippen LogP contribution in [0.15, 0.2) is 21.2 Å². The standard InChI is InChI=1S/C12H19BrN2O2/c1-4-12(2,8-14)11(16)15(3)7-9-5-6-10(13)17-9/h5-6H,4,7-8,14H2,1-3H3. The fourth-order valence-electron chi connectivity index (χ4n) is 1.59. The van der Waals surface area contributed by atoms with E-state index in [9.17, 15) is 4.79 Å². The third-order valence-electron chi connectivity index (χ3n) is 3.12. The zero-order valence-corrected chi connectivity index (χ0v) is 12.1. The molecule has 1 atom stereocenters. The number of nitrogens with zero attached hydrogens (tertiary/aromatic N) is 1. The minimum atomic E-state index is -0.488. The lowest BCUT2D eigenvalue weighted by molar-refractivity contribution is -0.140. The molecule has 0 aromatic carbocycles. The van der Waals surface area contributed by atoms with E-state index in [1.165, 1.54) is 0 Å². The van der Waals surface area contributed by atoms with Crippen LogP contribution in [-0.2, 0) is 11.3 Å². The number of rotatable bonds is 5. The number of nitrogens with two attached hydrogens (primary N) is 1. The van der Waals surface area contributed by atoms with Crippen LogP contribution in [0.25, 0.3) is 0 Å². The summed E-state index contributed by atoms with van der Waals surface area (Å²) in [4.78, 5) is 13.9. The van der Waals surface area contributed by atoms with E-state index in [-0.39, 0.29) is 5.91 Å². The van der Waals surface area contributed by atoms with Crippen molar-refractivity contribution >= 4 is 21.8 Å². The topological polar surface area (TPSA) is 59.5 Å². The Kier molecular flexibility index (Phi) is 4.77. The van der Waals surface area contributed by atoms with Crippen molar-refractivity contribution in [1.29, 1.82) is 0 Å². The lowest BCUT2D eigenvalue weighted by atomic mass is 9.86. The normalized spacial score (nSPS) is 14.4. The molecule has 0 radical (unpaired) electrons. The molecule has 1 aromatic rings. The molecule has 2 N–H and O–H groups in total. The summed E-state index contributed by atoms with van der Waals surface area (Å²) in [7, 11) is 1.77. The van der Waals surface area contributed by atoms with Crippen LogP contribution in [0.1, 0.15) is 26.0 Å². The van der Waals surface area contributed by atoms with Crippen molar-refractivity contribution in [1.82, 2.24) is 4.90 Å². The van der Waals surface area contributed by atoms with Crippen molar-refractivity contribution in [2.24, 2.45) is 11.1 Å². The number of carbonyl (C=O) groups excluding carboxylic acids is 1. The Hall–Kier alpha value is -0.810. The second-order valence-corrected chi connectivity index (χ2v) is 5.27. The van der Waals surface area contributed by atoms with Crippen LogP contribution in [-0.4, -0.2) is 24.4 Å². The Morgan fingerprint density at radius 2 is 2.24 bits per heavy atom.